The summed E-state index contributed by atoms with van der Waals surface area (Å²) in [4.78, 5) is 4.61. The molecule has 4 rings (SSSR count). The molecule has 96 valence electrons. The van der Waals surface area contributed by atoms with E-state index in [4.69, 9.17) is 0 Å². The number of benzene rings is 1. The summed E-state index contributed by atoms with van der Waals surface area (Å²) in [5.41, 5.74) is 6.98. The third-order valence-electron chi connectivity index (χ3n) is 4.43. The third-order valence-corrected chi connectivity index (χ3v) is 4.43. The smallest absolute Gasteiger partial charge is 0.0510 e. The third kappa shape index (κ3) is 1.83. The number of nitrogens with one attached hydrogen (secondary N) is 1. The van der Waals surface area contributed by atoms with Crippen LogP contribution in [-0.2, 0) is 12.8 Å². The highest BCUT2D eigenvalue weighted by molar-refractivity contribution is 5.55. The van der Waals surface area contributed by atoms with Crippen LogP contribution in [0.4, 0.5) is 5.69 Å². The standard InChI is InChI=1S/C17H18N2/c1-3-12-5-7-15(17(12)19-10-1)13-6-8-16-14(11-13)4-2-9-18-16/h1,3,6,8,10-11,15,18H,2,4-5,7,9H2. The fourth-order valence-corrected chi connectivity index (χ4v) is 3.45. The van der Waals surface area contributed by atoms with Crippen molar-refractivity contribution in [1.82, 2.24) is 4.98 Å². The summed E-state index contributed by atoms with van der Waals surface area (Å²) in [5, 5.41) is 3.48. The van der Waals surface area contributed by atoms with Gasteiger partial charge in [0.15, 0.2) is 0 Å². The molecule has 2 aromatic rings. The Hall–Kier alpha value is -1.83. The van der Waals surface area contributed by atoms with Crippen molar-refractivity contribution in [2.75, 3.05) is 11.9 Å². The molecule has 2 heteroatoms. The first-order valence-corrected chi connectivity index (χ1v) is 7.22. The lowest BCUT2D eigenvalue weighted by atomic mass is 9.92. The topological polar surface area (TPSA) is 24.9 Å². The maximum Gasteiger partial charge on any atom is 0.0510 e. The van der Waals surface area contributed by atoms with Crippen molar-refractivity contribution < 1.29 is 0 Å². The fourth-order valence-electron chi connectivity index (χ4n) is 3.45. The SMILES string of the molecule is c1cnc2c(c1)CCC2c1ccc2c(c1)CCCN2. The quantitative estimate of drug-likeness (QED) is 0.837. The maximum absolute atomic E-state index is 4.61. The van der Waals surface area contributed by atoms with Crippen LogP contribution in [0.25, 0.3) is 0 Å². The highest BCUT2D eigenvalue weighted by atomic mass is 14.9. The molecule has 1 N–H and O–H groups in total. The molecule has 0 saturated heterocycles. The number of hydrogen-bond donors (Lipinski definition) is 1. The van der Waals surface area contributed by atoms with Crippen molar-refractivity contribution in [3.63, 3.8) is 0 Å². The Morgan fingerprint density at radius 2 is 2.11 bits per heavy atom. The van der Waals surface area contributed by atoms with Gasteiger partial charge in [-0.25, -0.2) is 0 Å². The van der Waals surface area contributed by atoms with Crippen molar-refractivity contribution in [3.8, 4) is 0 Å². The van der Waals surface area contributed by atoms with E-state index in [1.807, 2.05) is 6.20 Å². The number of pyridine rings is 1. The lowest BCUT2D eigenvalue weighted by Gasteiger charge is -2.20. The van der Waals surface area contributed by atoms with E-state index in [0.717, 1.165) is 6.54 Å². The molecule has 1 unspecified atom stereocenters. The zero-order valence-electron chi connectivity index (χ0n) is 11.0. The number of anilines is 1. The maximum atomic E-state index is 4.61. The number of rotatable bonds is 1. The molecule has 0 bridgehead atoms. The molecule has 0 fully saturated rings. The van der Waals surface area contributed by atoms with Crippen LogP contribution in [0.3, 0.4) is 0 Å². The molecule has 2 nitrogen and oxygen atoms in total. The lowest BCUT2D eigenvalue weighted by Crippen LogP contribution is -2.12. The van der Waals surface area contributed by atoms with E-state index >= 15 is 0 Å². The molecule has 2 heterocycles. The second kappa shape index (κ2) is 4.37. The summed E-state index contributed by atoms with van der Waals surface area (Å²) in [6.07, 6.45) is 6.76. The van der Waals surface area contributed by atoms with E-state index in [2.05, 4.69) is 40.6 Å². The minimum Gasteiger partial charge on any atom is -0.385 e. The van der Waals surface area contributed by atoms with Gasteiger partial charge in [-0.05, 0) is 54.5 Å². The Balaban J connectivity index is 1.74. The predicted molar refractivity (Wildman–Crippen MR) is 77.7 cm³/mol. The van der Waals surface area contributed by atoms with E-state index in [1.165, 1.54) is 53.8 Å². The van der Waals surface area contributed by atoms with Gasteiger partial charge in [-0.1, -0.05) is 18.2 Å². The van der Waals surface area contributed by atoms with Gasteiger partial charge in [0.1, 0.15) is 0 Å². The average molecular weight is 250 g/mol. The van der Waals surface area contributed by atoms with Crippen molar-refractivity contribution in [2.45, 2.75) is 31.6 Å². The molecule has 1 aliphatic heterocycles. The first kappa shape index (κ1) is 11.0. The van der Waals surface area contributed by atoms with Gasteiger partial charge in [0.25, 0.3) is 0 Å². The van der Waals surface area contributed by atoms with Gasteiger partial charge in [0.2, 0.25) is 0 Å². The van der Waals surface area contributed by atoms with Crippen LogP contribution in [0.2, 0.25) is 0 Å². The first-order chi connectivity index (χ1) is 9.42. The van der Waals surface area contributed by atoms with Crippen LogP contribution in [0.1, 0.15) is 41.1 Å². The fraction of sp³-hybridized carbons (Fsp3) is 0.353. The van der Waals surface area contributed by atoms with Crippen LogP contribution < -0.4 is 5.32 Å². The Labute approximate surface area is 113 Å². The van der Waals surface area contributed by atoms with Crippen LogP contribution in [0.15, 0.2) is 36.5 Å². The molecule has 1 atom stereocenters. The molecule has 0 spiro atoms. The van der Waals surface area contributed by atoms with Gasteiger partial charge in [-0.3, -0.25) is 4.98 Å². The highest BCUT2D eigenvalue weighted by Crippen LogP contribution is 2.38. The molecular weight excluding hydrogens is 232 g/mol. The monoisotopic (exact) mass is 250 g/mol. The summed E-state index contributed by atoms with van der Waals surface area (Å²) in [7, 11) is 0. The molecule has 1 aliphatic carbocycles. The Kier molecular flexibility index (Phi) is 2.54. The van der Waals surface area contributed by atoms with Gasteiger partial charge < -0.3 is 5.32 Å². The number of aromatic nitrogens is 1. The van der Waals surface area contributed by atoms with E-state index in [-0.39, 0.29) is 0 Å². The predicted octanol–water partition coefficient (Wildman–Crippen LogP) is 3.52. The molecule has 0 amide bonds. The van der Waals surface area contributed by atoms with E-state index < -0.39 is 0 Å². The van der Waals surface area contributed by atoms with Gasteiger partial charge in [-0.15, -0.1) is 0 Å². The summed E-state index contributed by atoms with van der Waals surface area (Å²) in [5.74, 6) is 0.503. The number of fused-ring (bicyclic) bond motifs is 2. The summed E-state index contributed by atoms with van der Waals surface area (Å²) >= 11 is 0. The van der Waals surface area contributed by atoms with E-state index in [9.17, 15) is 0 Å². The normalized spacial score (nSPS) is 20.5. The van der Waals surface area contributed by atoms with Crippen molar-refractivity contribution in [3.05, 3.63) is 58.9 Å². The van der Waals surface area contributed by atoms with Crippen LogP contribution in [-0.4, -0.2) is 11.5 Å². The largest absolute Gasteiger partial charge is 0.385 e. The lowest BCUT2D eigenvalue weighted by molar-refractivity contribution is 0.764. The van der Waals surface area contributed by atoms with E-state index in [1.54, 1.807) is 0 Å². The van der Waals surface area contributed by atoms with Gasteiger partial charge in [0, 0.05) is 24.3 Å². The van der Waals surface area contributed by atoms with Gasteiger partial charge in [-0.2, -0.15) is 0 Å². The number of nitrogens with zero attached hydrogens (tertiary/aromatic N) is 1. The van der Waals surface area contributed by atoms with Crippen LogP contribution in [0, 0.1) is 0 Å². The average Bonchev–Trinajstić information content (AvgIpc) is 2.91. The van der Waals surface area contributed by atoms with Crippen molar-refractivity contribution in [1.29, 1.82) is 0 Å². The zero-order chi connectivity index (χ0) is 12.7. The molecule has 19 heavy (non-hydrogen) atoms. The van der Waals surface area contributed by atoms with Crippen LogP contribution in [0.5, 0.6) is 0 Å². The second-order valence-corrected chi connectivity index (χ2v) is 5.59. The molecule has 1 aromatic heterocycles. The zero-order valence-corrected chi connectivity index (χ0v) is 11.0. The Morgan fingerprint density at radius 3 is 3.11 bits per heavy atom. The number of aryl methyl sites for hydroxylation is 2. The van der Waals surface area contributed by atoms with E-state index in [0.29, 0.717) is 5.92 Å². The minimum atomic E-state index is 0.503. The molecule has 0 radical (unpaired) electrons. The second-order valence-electron chi connectivity index (χ2n) is 5.59. The van der Waals surface area contributed by atoms with Gasteiger partial charge >= 0.3 is 0 Å². The summed E-state index contributed by atoms with van der Waals surface area (Å²) in [6.45, 7) is 1.11. The van der Waals surface area contributed by atoms with Crippen molar-refractivity contribution >= 4 is 5.69 Å². The van der Waals surface area contributed by atoms with Crippen LogP contribution >= 0.6 is 0 Å². The molecule has 2 aliphatic rings. The molecular formula is C17H18N2. The van der Waals surface area contributed by atoms with Gasteiger partial charge in [0.05, 0.1) is 5.69 Å². The molecule has 0 saturated carbocycles. The first-order valence-electron chi connectivity index (χ1n) is 7.22. The minimum absolute atomic E-state index is 0.503. The summed E-state index contributed by atoms with van der Waals surface area (Å²) < 4.78 is 0. The summed E-state index contributed by atoms with van der Waals surface area (Å²) in [6, 6.07) is 11.2. The number of hydrogen-bond acceptors (Lipinski definition) is 2. The van der Waals surface area contributed by atoms with Crippen molar-refractivity contribution in [2.24, 2.45) is 0 Å². The Bertz CT molecular complexity index is 618. The Morgan fingerprint density at radius 1 is 1.11 bits per heavy atom. The molecule has 1 aromatic carbocycles. The highest BCUT2D eigenvalue weighted by Gasteiger charge is 2.25.